The van der Waals surface area contributed by atoms with E-state index < -0.39 is 23.8 Å². The van der Waals surface area contributed by atoms with Gasteiger partial charge in [0.15, 0.2) is 5.64 Å². The third-order valence-electron chi connectivity index (χ3n) is 2.36. The van der Waals surface area contributed by atoms with Crippen LogP contribution in [0.3, 0.4) is 0 Å². The number of nitrogens with zero attached hydrogens (tertiary/aromatic N) is 1. The highest BCUT2D eigenvalue weighted by Gasteiger charge is 2.43. The molecule has 0 amide bonds. The first-order valence-corrected chi connectivity index (χ1v) is 21.0. The van der Waals surface area contributed by atoms with E-state index in [1.165, 1.54) is 0 Å². The second-order valence-electron chi connectivity index (χ2n) is 9.46. The largest absolute Gasteiger partial charge is 0.532 e. The standard InChI is InChI=1S/C14H36NOPSi3/c1-14(2,3)15-13(16-18(4,5)6)17(19(7,8)9)20(10,11)12/h1-12H3. The molecule has 0 rings (SSSR count). The first-order valence-electron chi connectivity index (χ1n) is 7.53. The molecule has 0 aliphatic rings. The van der Waals surface area contributed by atoms with Gasteiger partial charge in [-0.05, 0) is 47.4 Å². The highest BCUT2D eigenvalue weighted by atomic mass is 31.6. The maximum atomic E-state index is 6.52. The normalized spacial score (nSPS) is 15.8. The lowest BCUT2D eigenvalue weighted by Gasteiger charge is -2.41. The third-order valence-corrected chi connectivity index (χ3v) is 27.9. The molecule has 0 aliphatic carbocycles. The minimum Gasteiger partial charge on any atom is -0.532 e. The molecular weight excluding hydrogens is 313 g/mol. The zero-order chi connectivity index (χ0) is 16.6. The van der Waals surface area contributed by atoms with Crippen molar-refractivity contribution in [1.29, 1.82) is 0 Å². The van der Waals surface area contributed by atoms with Crippen LogP contribution in [0.1, 0.15) is 20.8 Å². The van der Waals surface area contributed by atoms with E-state index in [1.54, 1.807) is 0 Å². The van der Waals surface area contributed by atoms with Gasteiger partial charge >= 0.3 is 0 Å². The molecule has 20 heavy (non-hydrogen) atoms. The monoisotopic (exact) mass is 349 g/mol. The fraction of sp³-hybridized carbons (Fsp3) is 0.929. The molecule has 0 unspecified atom stereocenters. The number of rotatable bonds is 4. The molecule has 0 saturated carbocycles. The van der Waals surface area contributed by atoms with Gasteiger partial charge in [0, 0.05) is 0 Å². The molecule has 2 nitrogen and oxygen atoms in total. The Balaban J connectivity index is 5.88. The number of aliphatic imine (C=N–C) groups is 1. The Morgan fingerprint density at radius 3 is 1.35 bits per heavy atom. The highest BCUT2D eigenvalue weighted by Crippen LogP contribution is 2.56. The van der Waals surface area contributed by atoms with Gasteiger partial charge in [0.25, 0.3) is 0 Å². The Bertz CT molecular complexity index is 343. The maximum absolute atomic E-state index is 6.52. The molecule has 6 heteroatoms. The second-order valence-corrected chi connectivity index (χ2v) is 35.7. The van der Waals surface area contributed by atoms with Gasteiger partial charge in [0.2, 0.25) is 8.32 Å². The molecular formula is C14H36NOPSi3. The lowest BCUT2D eigenvalue weighted by molar-refractivity contribution is 0.522. The molecule has 120 valence electrons. The van der Waals surface area contributed by atoms with Crippen molar-refractivity contribution in [3.05, 3.63) is 0 Å². The summed E-state index contributed by atoms with van der Waals surface area (Å²) >= 11 is 0. The van der Waals surface area contributed by atoms with E-state index in [1.807, 2.05) is 0 Å². The van der Waals surface area contributed by atoms with Crippen LogP contribution in [-0.2, 0) is 4.43 Å². The zero-order valence-electron chi connectivity index (χ0n) is 15.8. The van der Waals surface area contributed by atoms with Gasteiger partial charge in [-0.3, -0.25) is 0 Å². The molecule has 0 radical (unpaired) electrons. The summed E-state index contributed by atoms with van der Waals surface area (Å²) in [6.07, 6.45) is 0. The van der Waals surface area contributed by atoms with Crippen molar-refractivity contribution in [1.82, 2.24) is 0 Å². The maximum Gasteiger partial charge on any atom is 0.244 e. The molecule has 0 fully saturated rings. The molecule has 0 aromatic rings. The lowest BCUT2D eigenvalue weighted by atomic mass is 10.1. The van der Waals surface area contributed by atoms with E-state index in [2.05, 4.69) is 79.7 Å². The minimum atomic E-state index is -1.61. The van der Waals surface area contributed by atoms with Gasteiger partial charge in [0.1, 0.15) is 0 Å². The van der Waals surface area contributed by atoms with Gasteiger partial charge in [-0.15, -0.1) is 0 Å². The van der Waals surface area contributed by atoms with Crippen LogP contribution in [0.4, 0.5) is 0 Å². The molecule has 0 aromatic heterocycles. The first kappa shape index (κ1) is 20.6. The molecule has 0 heterocycles. The van der Waals surface area contributed by atoms with Crippen molar-refractivity contribution < 1.29 is 4.43 Å². The van der Waals surface area contributed by atoms with Crippen LogP contribution >= 0.6 is 7.02 Å². The third kappa shape index (κ3) is 8.11. The highest BCUT2D eigenvalue weighted by molar-refractivity contribution is 8.27. The summed E-state index contributed by atoms with van der Waals surface area (Å²) < 4.78 is 6.52. The van der Waals surface area contributed by atoms with Crippen LogP contribution in [0.15, 0.2) is 4.99 Å². The van der Waals surface area contributed by atoms with E-state index in [-0.39, 0.29) is 12.6 Å². The van der Waals surface area contributed by atoms with E-state index in [4.69, 9.17) is 9.42 Å². The van der Waals surface area contributed by atoms with E-state index in [0.29, 0.717) is 0 Å². The summed E-state index contributed by atoms with van der Waals surface area (Å²) in [5.41, 5.74) is 1.10. The summed E-state index contributed by atoms with van der Waals surface area (Å²) in [6.45, 7) is 28.3. The summed E-state index contributed by atoms with van der Waals surface area (Å²) in [7, 11) is -4.39. The summed E-state index contributed by atoms with van der Waals surface area (Å²) in [4.78, 5) is 5.05. The van der Waals surface area contributed by atoms with Gasteiger partial charge in [-0.1, -0.05) is 39.3 Å². The summed E-state index contributed by atoms with van der Waals surface area (Å²) in [6, 6.07) is 0. The van der Waals surface area contributed by atoms with Crippen LogP contribution < -0.4 is 0 Å². The van der Waals surface area contributed by atoms with Crippen LogP contribution in [0, 0.1) is 0 Å². The van der Waals surface area contributed by atoms with Crippen molar-refractivity contribution >= 4 is 36.5 Å². The van der Waals surface area contributed by atoms with E-state index in [0.717, 1.165) is 5.64 Å². The molecule has 0 aromatic carbocycles. The van der Waals surface area contributed by atoms with Gasteiger partial charge < -0.3 is 4.43 Å². The molecule has 0 aliphatic heterocycles. The predicted octanol–water partition coefficient (Wildman–Crippen LogP) is 6.14. The van der Waals surface area contributed by atoms with Crippen molar-refractivity contribution in [2.24, 2.45) is 4.99 Å². The Labute approximate surface area is 131 Å². The number of hydrogen-bond acceptors (Lipinski definition) is 2. The molecule has 0 atom stereocenters. The minimum absolute atomic E-state index is 0.0468. The average molecular weight is 350 g/mol. The van der Waals surface area contributed by atoms with Gasteiger partial charge in [0.05, 0.1) is 21.0 Å². The molecule has 0 spiro atoms. The van der Waals surface area contributed by atoms with Gasteiger partial charge in [-0.2, -0.15) is 0 Å². The van der Waals surface area contributed by atoms with Crippen molar-refractivity contribution in [3.8, 4) is 0 Å². The Morgan fingerprint density at radius 2 is 1.15 bits per heavy atom. The van der Waals surface area contributed by atoms with Crippen molar-refractivity contribution in [2.75, 3.05) is 0 Å². The predicted molar refractivity (Wildman–Crippen MR) is 105 cm³/mol. The number of hydrogen-bond donors (Lipinski definition) is 0. The Hall–Kier alpha value is 0.551. The van der Waals surface area contributed by atoms with Crippen molar-refractivity contribution in [2.45, 2.75) is 85.2 Å². The van der Waals surface area contributed by atoms with Crippen LogP contribution in [0.5, 0.6) is 0 Å². The van der Waals surface area contributed by atoms with E-state index >= 15 is 0 Å². The summed E-state index contributed by atoms with van der Waals surface area (Å²) in [5, 5.41) is 0. The van der Waals surface area contributed by atoms with Gasteiger partial charge in [-0.25, -0.2) is 4.99 Å². The second kappa shape index (κ2) is 6.35. The van der Waals surface area contributed by atoms with Crippen LogP contribution in [-0.4, -0.2) is 35.0 Å². The van der Waals surface area contributed by atoms with Crippen LogP contribution in [0.2, 0.25) is 58.9 Å². The first-order chi connectivity index (χ1) is 8.43. The van der Waals surface area contributed by atoms with Crippen LogP contribution in [0.25, 0.3) is 0 Å². The fourth-order valence-electron chi connectivity index (χ4n) is 2.26. The molecule has 0 N–H and O–H groups in total. The molecule has 0 saturated heterocycles. The zero-order valence-corrected chi connectivity index (χ0v) is 19.7. The smallest absolute Gasteiger partial charge is 0.244 e. The summed E-state index contributed by atoms with van der Waals surface area (Å²) in [5.74, 6) is 0. The molecule has 0 bridgehead atoms. The SMILES string of the molecule is CC(C)(C)N=C(O[Si](C)(C)C)P([Si](C)(C)C)[Si](C)(C)C. The Morgan fingerprint density at radius 1 is 0.800 bits per heavy atom. The fourth-order valence-corrected chi connectivity index (χ4v) is 36.3. The van der Waals surface area contributed by atoms with Crippen molar-refractivity contribution in [3.63, 3.8) is 0 Å². The Kier molecular flexibility index (Phi) is 6.52. The quantitative estimate of drug-likeness (QED) is 0.258. The van der Waals surface area contributed by atoms with E-state index in [9.17, 15) is 0 Å². The topological polar surface area (TPSA) is 21.6 Å². The lowest BCUT2D eigenvalue weighted by Crippen LogP contribution is -2.41. The average Bonchev–Trinajstić information content (AvgIpc) is 1.87.